The summed E-state index contributed by atoms with van der Waals surface area (Å²) < 4.78 is 5.60. The summed E-state index contributed by atoms with van der Waals surface area (Å²) in [6, 6.07) is 15.5. The number of fused-ring (bicyclic) bond motifs is 1. The van der Waals surface area contributed by atoms with Crippen LogP contribution in [0.5, 0.6) is 5.75 Å². The average Bonchev–Trinajstić information content (AvgIpc) is 3.07. The number of hydrogen-bond acceptors (Lipinski definition) is 5. The molecule has 0 unspecified atom stereocenters. The van der Waals surface area contributed by atoms with Crippen molar-refractivity contribution in [3.63, 3.8) is 0 Å². The second-order valence-electron chi connectivity index (χ2n) is 6.92. The summed E-state index contributed by atoms with van der Waals surface area (Å²) in [6.07, 6.45) is 0.581. The van der Waals surface area contributed by atoms with Crippen LogP contribution in [0.4, 0.5) is 10.8 Å². The maximum Gasteiger partial charge on any atom is 0.265 e. The van der Waals surface area contributed by atoms with Crippen LogP contribution in [0.3, 0.4) is 0 Å². The number of aryl methyl sites for hydroxylation is 2. The van der Waals surface area contributed by atoms with Gasteiger partial charge >= 0.3 is 0 Å². The molecule has 0 aliphatic carbocycles. The summed E-state index contributed by atoms with van der Waals surface area (Å²) in [5.74, 6) is 0.411. The fraction of sp³-hybridized carbons (Fsp3) is 0.227. The molecule has 148 valence electrons. The van der Waals surface area contributed by atoms with E-state index >= 15 is 0 Å². The minimum atomic E-state index is -0.507. The Balaban J connectivity index is 1.46. The van der Waals surface area contributed by atoms with Gasteiger partial charge in [-0.05, 0) is 44.0 Å². The highest BCUT2D eigenvalue weighted by Crippen LogP contribution is 2.36. The van der Waals surface area contributed by atoms with Gasteiger partial charge in [0, 0.05) is 16.9 Å². The SMILES string of the molecule is Cc1sc(NC(=O)CCc2ccccc2)nc1-c1ccc2c(c1)NC(=O)[C@H](C)O2. The number of aromatic nitrogens is 1. The topological polar surface area (TPSA) is 80.3 Å². The predicted molar refractivity (Wildman–Crippen MR) is 114 cm³/mol. The highest BCUT2D eigenvalue weighted by atomic mass is 32.1. The number of anilines is 2. The quantitative estimate of drug-likeness (QED) is 0.657. The molecule has 0 bridgehead atoms. The van der Waals surface area contributed by atoms with Crippen molar-refractivity contribution in [2.24, 2.45) is 0 Å². The van der Waals surface area contributed by atoms with Gasteiger partial charge in [0.2, 0.25) is 5.91 Å². The van der Waals surface area contributed by atoms with Crippen LogP contribution < -0.4 is 15.4 Å². The lowest BCUT2D eigenvalue weighted by atomic mass is 10.1. The second-order valence-corrected chi connectivity index (χ2v) is 8.12. The first-order valence-corrected chi connectivity index (χ1v) is 10.2. The minimum Gasteiger partial charge on any atom is -0.479 e. The summed E-state index contributed by atoms with van der Waals surface area (Å²) in [7, 11) is 0. The third-order valence-electron chi connectivity index (χ3n) is 4.71. The zero-order valence-corrected chi connectivity index (χ0v) is 17.0. The highest BCUT2D eigenvalue weighted by molar-refractivity contribution is 7.16. The number of ether oxygens (including phenoxy) is 1. The van der Waals surface area contributed by atoms with Gasteiger partial charge in [-0.1, -0.05) is 30.3 Å². The summed E-state index contributed by atoms with van der Waals surface area (Å²) in [4.78, 5) is 29.7. The lowest BCUT2D eigenvalue weighted by Gasteiger charge is -2.23. The Morgan fingerprint density at radius 1 is 1.24 bits per heavy atom. The van der Waals surface area contributed by atoms with Crippen LogP contribution >= 0.6 is 11.3 Å². The number of nitrogens with zero attached hydrogens (tertiary/aromatic N) is 1. The van der Waals surface area contributed by atoms with Crippen molar-refractivity contribution in [2.45, 2.75) is 32.8 Å². The first-order chi connectivity index (χ1) is 14.0. The molecule has 6 nitrogen and oxygen atoms in total. The molecule has 0 saturated carbocycles. The van der Waals surface area contributed by atoms with Crippen molar-refractivity contribution in [3.05, 3.63) is 59.0 Å². The Morgan fingerprint density at radius 2 is 2.03 bits per heavy atom. The molecule has 2 amide bonds. The number of amides is 2. The molecule has 0 spiro atoms. The third-order valence-corrected chi connectivity index (χ3v) is 5.60. The summed E-state index contributed by atoms with van der Waals surface area (Å²) in [5.41, 5.74) is 3.41. The van der Waals surface area contributed by atoms with Gasteiger partial charge in [-0.25, -0.2) is 4.98 Å². The lowest BCUT2D eigenvalue weighted by molar-refractivity contribution is -0.122. The molecule has 4 rings (SSSR count). The number of hydrogen-bond donors (Lipinski definition) is 2. The van der Waals surface area contributed by atoms with E-state index in [0.29, 0.717) is 29.4 Å². The van der Waals surface area contributed by atoms with Crippen molar-refractivity contribution in [1.82, 2.24) is 4.98 Å². The molecular formula is C22H21N3O3S. The van der Waals surface area contributed by atoms with E-state index in [9.17, 15) is 9.59 Å². The number of nitrogens with one attached hydrogen (secondary N) is 2. The molecular weight excluding hydrogens is 386 g/mol. The zero-order valence-electron chi connectivity index (χ0n) is 16.2. The first kappa shape index (κ1) is 19.1. The molecule has 3 aromatic rings. The van der Waals surface area contributed by atoms with Gasteiger partial charge in [-0.15, -0.1) is 11.3 Å². The molecule has 1 aromatic heterocycles. The number of benzene rings is 2. The van der Waals surface area contributed by atoms with E-state index in [-0.39, 0.29) is 11.8 Å². The Hall–Kier alpha value is -3.19. The van der Waals surface area contributed by atoms with E-state index in [1.165, 1.54) is 11.3 Å². The molecule has 2 aromatic carbocycles. The van der Waals surface area contributed by atoms with E-state index in [1.54, 1.807) is 6.92 Å². The number of carbonyl (C=O) groups is 2. The average molecular weight is 407 g/mol. The summed E-state index contributed by atoms with van der Waals surface area (Å²) in [6.45, 7) is 3.67. The molecule has 0 fully saturated rings. The first-order valence-electron chi connectivity index (χ1n) is 9.43. The van der Waals surface area contributed by atoms with E-state index in [1.807, 2.05) is 55.5 Å². The van der Waals surface area contributed by atoms with E-state index in [0.717, 1.165) is 21.7 Å². The van der Waals surface area contributed by atoms with Crippen molar-refractivity contribution in [3.8, 4) is 17.0 Å². The summed E-state index contributed by atoms with van der Waals surface area (Å²) in [5, 5.41) is 6.32. The van der Waals surface area contributed by atoms with Crippen molar-refractivity contribution < 1.29 is 14.3 Å². The number of rotatable bonds is 5. The van der Waals surface area contributed by atoms with Crippen LogP contribution in [0, 0.1) is 6.92 Å². The molecule has 2 N–H and O–H groups in total. The fourth-order valence-corrected chi connectivity index (χ4v) is 4.01. The molecule has 2 heterocycles. The smallest absolute Gasteiger partial charge is 0.265 e. The van der Waals surface area contributed by atoms with Gasteiger partial charge in [-0.2, -0.15) is 0 Å². The summed E-state index contributed by atoms with van der Waals surface area (Å²) >= 11 is 1.44. The Kier molecular flexibility index (Phi) is 5.31. The Bertz CT molecular complexity index is 1060. The largest absolute Gasteiger partial charge is 0.479 e. The Morgan fingerprint density at radius 3 is 2.83 bits per heavy atom. The lowest BCUT2D eigenvalue weighted by Crippen LogP contribution is -2.34. The second kappa shape index (κ2) is 8.05. The molecule has 0 radical (unpaired) electrons. The van der Waals surface area contributed by atoms with E-state index in [2.05, 4.69) is 15.6 Å². The normalized spacial score (nSPS) is 15.2. The van der Waals surface area contributed by atoms with Crippen LogP contribution in [-0.2, 0) is 16.0 Å². The third kappa shape index (κ3) is 4.30. The minimum absolute atomic E-state index is 0.0609. The molecule has 1 aliphatic heterocycles. The van der Waals surface area contributed by atoms with E-state index < -0.39 is 6.10 Å². The number of carbonyl (C=O) groups excluding carboxylic acids is 2. The van der Waals surface area contributed by atoms with Gasteiger partial charge in [0.25, 0.3) is 5.91 Å². The molecule has 1 atom stereocenters. The molecule has 0 saturated heterocycles. The maximum absolute atomic E-state index is 12.3. The molecule has 29 heavy (non-hydrogen) atoms. The standard InChI is InChI=1S/C22H21N3O3S/c1-13-21(27)23-17-12-16(9-10-18(17)28-13)20-14(2)29-22(25-20)24-19(26)11-8-15-6-4-3-5-7-15/h3-7,9-10,12-13H,8,11H2,1-2H3,(H,23,27)(H,24,25,26)/t13-/m0/s1. The molecule has 1 aliphatic rings. The van der Waals surface area contributed by atoms with Crippen molar-refractivity contribution in [1.29, 1.82) is 0 Å². The van der Waals surface area contributed by atoms with Crippen molar-refractivity contribution in [2.75, 3.05) is 10.6 Å². The van der Waals surface area contributed by atoms with Gasteiger partial charge in [0.1, 0.15) is 5.75 Å². The maximum atomic E-state index is 12.3. The van der Waals surface area contributed by atoms with Crippen LogP contribution in [0.1, 0.15) is 23.8 Å². The van der Waals surface area contributed by atoms with Gasteiger partial charge in [0.05, 0.1) is 11.4 Å². The van der Waals surface area contributed by atoms with Gasteiger partial charge in [-0.3, -0.25) is 9.59 Å². The van der Waals surface area contributed by atoms with Crippen LogP contribution in [-0.4, -0.2) is 22.9 Å². The van der Waals surface area contributed by atoms with Gasteiger partial charge < -0.3 is 15.4 Å². The highest BCUT2D eigenvalue weighted by Gasteiger charge is 2.24. The zero-order chi connectivity index (χ0) is 20.4. The fourth-order valence-electron chi connectivity index (χ4n) is 3.16. The number of thiazole rings is 1. The van der Waals surface area contributed by atoms with Gasteiger partial charge in [0.15, 0.2) is 11.2 Å². The van der Waals surface area contributed by atoms with Crippen LogP contribution in [0.2, 0.25) is 0 Å². The predicted octanol–water partition coefficient (Wildman–Crippen LogP) is 4.41. The monoisotopic (exact) mass is 407 g/mol. The van der Waals surface area contributed by atoms with Crippen LogP contribution in [0.25, 0.3) is 11.3 Å². The molecule has 7 heteroatoms. The van der Waals surface area contributed by atoms with Crippen LogP contribution in [0.15, 0.2) is 48.5 Å². The van der Waals surface area contributed by atoms with E-state index in [4.69, 9.17) is 4.74 Å². The Labute approximate surface area is 172 Å². The van der Waals surface area contributed by atoms with Crippen molar-refractivity contribution >= 4 is 34.0 Å².